The number of amides is 1. The summed E-state index contributed by atoms with van der Waals surface area (Å²) >= 11 is 0. The fourth-order valence-corrected chi connectivity index (χ4v) is 3.88. The van der Waals surface area contributed by atoms with Crippen molar-refractivity contribution in [2.75, 3.05) is 23.7 Å². The molecule has 0 spiro atoms. The molecule has 0 fully saturated rings. The number of hydrogen-bond acceptors (Lipinski definition) is 4. The quantitative estimate of drug-likeness (QED) is 0.697. The molecule has 1 amide bonds. The normalized spacial score (nSPS) is 11.7. The average Bonchev–Trinajstić information content (AvgIpc) is 2.60. The number of sulfonamides is 1. The van der Waals surface area contributed by atoms with E-state index < -0.39 is 15.6 Å². The molecule has 0 saturated carbocycles. The molecule has 0 aliphatic heterocycles. The Labute approximate surface area is 167 Å². The van der Waals surface area contributed by atoms with Gasteiger partial charge in [-0.05, 0) is 44.9 Å². The smallest absolute Gasteiger partial charge is 0.241 e. The number of anilines is 1. The van der Waals surface area contributed by atoms with Gasteiger partial charge in [0.2, 0.25) is 15.9 Å². The lowest BCUT2D eigenvalue weighted by Crippen LogP contribution is -2.50. The topological polar surface area (TPSA) is 75.7 Å². The second-order valence-corrected chi connectivity index (χ2v) is 9.17. The van der Waals surface area contributed by atoms with Crippen molar-refractivity contribution in [1.29, 1.82) is 0 Å². The molecule has 28 heavy (non-hydrogen) atoms. The lowest BCUT2D eigenvalue weighted by atomic mass is 9.95. The SMILES string of the molecule is CCOc1ccccc1N(CC(=O)NC(C)(C)Cc1ccccc1)S(C)(=O)=O. The van der Waals surface area contributed by atoms with Gasteiger partial charge in [0.15, 0.2) is 0 Å². The highest BCUT2D eigenvalue weighted by Crippen LogP contribution is 2.29. The summed E-state index contributed by atoms with van der Waals surface area (Å²) in [6.45, 7) is 5.72. The van der Waals surface area contributed by atoms with Gasteiger partial charge in [-0.3, -0.25) is 9.10 Å². The highest BCUT2D eigenvalue weighted by atomic mass is 32.2. The van der Waals surface area contributed by atoms with E-state index in [0.29, 0.717) is 24.5 Å². The molecule has 0 aliphatic carbocycles. The highest BCUT2D eigenvalue weighted by Gasteiger charge is 2.27. The van der Waals surface area contributed by atoms with E-state index in [1.54, 1.807) is 24.3 Å². The van der Waals surface area contributed by atoms with Gasteiger partial charge in [-0.1, -0.05) is 42.5 Å². The van der Waals surface area contributed by atoms with Crippen molar-refractivity contribution in [2.45, 2.75) is 32.7 Å². The standard InChI is InChI=1S/C21H28N2O4S/c1-5-27-19-14-10-9-13-18(19)23(28(4,25)26)16-20(24)22-21(2,3)15-17-11-7-6-8-12-17/h6-14H,5,15-16H2,1-4H3,(H,22,24). The van der Waals surface area contributed by atoms with Gasteiger partial charge >= 0.3 is 0 Å². The molecule has 2 aromatic rings. The largest absolute Gasteiger partial charge is 0.492 e. The van der Waals surface area contributed by atoms with Crippen LogP contribution in [0.5, 0.6) is 5.75 Å². The van der Waals surface area contributed by atoms with Crippen molar-refractivity contribution in [3.05, 3.63) is 60.2 Å². The van der Waals surface area contributed by atoms with Crippen molar-refractivity contribution >= 4 is 21.6 Å². The molecule has 2 rings (SSSR count). The fraction of sp³-hybridized carbons (Fsp3) is 0.381. The van der Waals surface area contributed by atoms with E-state index in [1.165, 1.54) is 0 Å². The van der Waals surface area contributed by atoms with E-state index >= 15 is 0 Å². The van der Waals surface area contributed by atoms with E-state index in [1.807, 2.05) is 51.1 Å². The molecule has 0 unspecified atom stereocenters. The summed E-state index contributed by atoms with van der Waals surface area (Å²) in [6, 6.07) is 16.6. The van der Waals surface area contributed by atoms with Crippen LogP contribution in [0, 0.1) is 0 Å². The van der Waals surface area contributed by atoms with E-state index in [2.05, 4.69) is 5.32 Å². The van der Waals surface area contributed by atoms with Crippen molar-refractivity contribution in [1.82, 2.24) is 5.32 Å². The number of hydrogen-bond donors (Lipinski definition) is 1. The Morgan fingerprint density at radius 1 is 1.07 bits per heavy atom. The van der Waals surface area contributed by atoms with Gasteiger partial charge in [0.25, 0.3) is 0 Å². The van der Waals surface area contributed by atoms with Crippen molar-refractivity contribution < 1.29 is 17.9 Å². The molecule has 0 bridgehead atoms. The van der Waals surface area contributed by atoms with E-state index in [4.69, 9.17) is 4.74 Å². The summed E-state index contributed by atoms with van der Waals surface area (Å²) in [5.74, 6) is 0.0458. The molecular formula is C21H28N2O4S. The maximum atomic E-state index is 12.7. The van der Waals surface area contributed by atoms with Crippen LogP contribution in [0.1, 0.15) is 26.3 Å². The zero-order valence-electron chi connectivity index (χ0n) is 16.8. The first-order valence-corrected chi connectivity index (χ1v) is 11.0. The molecule has 1 N–H and O–H groups in total. The van der Waals surface area contributed by atoms with Gasteiger partial charge in [0.05, 0.1) is 18.6 Å². The Hall–Kier alpha value is -2.54. The Balaban J connectivity index is 2.18. The molecule has 0 heterocycles. The number of para-hydroxylation sites is 2. The minimum atomic E-state index is -3.68. The van der Waals surface area contributed by atoms with Gasteiger partial charge < -0.3 is 10.1 Å². The van der Waals surface area contributed by atoms with Crippen LogP contribution in [0.3, 0.4) is 0 Å². The van der Waals surface area contributed by atoms with Crippen LogP contribution in [0.4, 0.5) is 5.69 Å². The monoisotopic (exact) mass is 404 g/mol. The molecule has 0 radical (unpaired) electrons. The number of nitrogens with zero attached hydrogens (tertiary/aromatic N) is 1. The number of benzene rings is 2. The van der Waals surface area contributed by atoms with Gasteiger partial charge in [-0.25, -0.2) is 8.42 Å². The van der Waals surface area contributed by atoms with Gasteiger partial charge in [-0.2, -0.15) is 0 Å². The van der Waals surface area contributed by atoms with Gasteiger partial charge in [0, 0.05) is 5.54 Å². The Morgan fingerprint density at radius 3 is 2.29 bits per heavy atom. The van der Waals surface area contributed by atoms with Gasteiger partial charge in [0.1, 0.15) is 12.3 Å². The zero-order chi connectivity index (χ0) is 20.8. The molecule has 0 atom stereocenters. The maximum Gasteiger partial charge on any atom is 0.241 e. The fourth-order valence-electron chi connectivity index (χ4n) is 3.02. The minimum Gasteiger partial charge on any atom is -0.492 e. The van der Waals surface area contributed by atoms with Crippen molar-refractivity contribution in [3.63, 3.8) is 0 Å². The van der Waals surface area contributed by atoms with Gasteiger partial charge in [-0.15, -0.1) is 0 Å². The predicted octanol–water partition coefficient (Wildman–Crippen LogP) is 2.99. The maximum absolute atomic E-state index is 12.7. The third-order valence-electron chi connectivity index (χ3n) is 4.09. The summed E-state index contributed by atoms with van der Waals surface area (Å²) < 4.78 is 31.4. The number of ether oxygens (including phenoxy) is 1. The third-order valence-corrected chi connectivity index (χ3v) is 5.21. The first-order valence-electron chi connectivity index (χ1n) is 9.17. The van der Waals surface area contributed by atoms with Crippen LogP contribution < -0.4 is 14.4 Å². The minimum absolute atomic E-state index is 0.318. The number of rotatable bonds is 9. The van der Waals surface area contributed by atoms with Crippen LogP contribution in [0.15, 0.2) is 54.6 Å². The molecule has 6 nitrogen and oxygen atoms in total. The van der Waals surface area contributed by atoms with Crippen LogP contribution in [0.25, 0.3) is 0 Å². The molecule has 0 saturated heterocycles. The molecular weight excluding hydrogens is 376 g/mol. The number of carbonyl (C=O) groups excluding carboxylic acids is 1. The Bertz CT molecular complexity index is 896. The number of nitrogens with one attached hydrogen (secondary N) is 1. The van der Waals surface area contributed by atoms with E-state index in [9.17, 15) is 13.2 Å². The average molecular weight is 405 g/mol. The second kappa shape index (κ2) is 9.10. The van der Waals surface area contributed by atoms with Crippen LogP contribution >= 0.6 is 0 Å². The Morgan fingerprint density at radius 2 is 1.68 bits per heavy atom. The highest BCUT2D eigenvalue weighted by molar-refractivity contribution is 7.92. The van der Waals surface area contributed by atoms with Crippen LogP contribution in [-0.2, 0) is 21.2 Å². The summed E-state index contributed by atoms with van der Waals surface area (Å²) in [5.41, 5.74) is 0.915. The lowest BCUT2D eigenvalue weighted by Gasteiger charge is -2.29. The predicted molar refractivity (Wildman–Crippen MR) is 112 cm³/mol. The lowest BCUT2D eigenvalue weighted by molar-refractivity contribution is -0.121. The first-order chi connectivity index (χ1) is 13.1. The molecule has 0 aliphatic rings. The number of carbonyl (C=O) groups is 1. The van der Waals surface area contributed by atoms with Crippen LogP contribution in [-0.4, -0.2) is 39.3 Å². The van der Waals surface area contributed by atoms with Crippen molar-refractivity contribution in [2.24, 2.45) is 0 Å². The zero-order valence-corrected chi connectivity index (χ0v) is 17.6. The summed E-state index contributed by atoms with van der Waals surface area (Å²) in [6.07, 6.45) is 1.71. The summed E-state index contributed by atoms with van der Waals surface area (Å²) in [5, 5.41) is 2.94. The van der Waals surface area contributed by atoms with E-state index in [0.717, 1.165) is 16.1 Å². The molecule has 0 aromatic heterocycles. The third kappa shape index (κ3) is 6.27. The second-order valence-electron chi connectivity index (χ2n) is 7.26. The first kappa shape index (κ1) is 21.8. The molecule has 152 valence electrons. The van der Waals surface area contributed by atoms with E-state index in [-0.39, 0.29) is 12.5 Å². The Kier molecular flexibility index (Phi) is 7.07. The van der Waals surface area contributed by atoms with Crippen molar-refractivity contribution in [3.8, 4) is 5.75 Å². The van der Waals surface area contributed by atoms with Crippen LogP contribution in [0.2, 0.25) is 0 Å². The summed E-state index contributed by atoms with van der Waals surface area (Å²) in [7, 11) is -3.68. The summed E-state index contributed by atoms with van der Waals surface area (Å²) in [4.78, 5) is 12.7. The molecule has 2 aromatic carbocycles. The molecule has 7 heteroatoms.